The van der Waals surface area contributed by atoms with E-state index in [-0.39, 0.29) is 12.7 Å². The molecule has 8 heteroatoms. The number of aromatic nitrogens is 3. The largest absolute Gasteiger partial charge is 0.462 e. The molecule has 35 heavy (non-hydrogen) atoms. The molecule has 2 heterocycles. The van der Waals surface area contributed by atoms with Gasteiger partial charge < -0.3 is 19.5 Å². The molecule has 1 aliphatic heterocycles. The Bertz CT molecular complexity index is 1360. The monoisotopic (exact) mass is 470 g/mol. The average Bonchev–Trinajstić information content (AvgIpc) is 3.50. The Kier molecular flexibility index (Phi) is 6.10. The summed E-state index contributed by atoms with van der Waals surface area (Å²) in [5.41, 5.74) is 4.01. The van der Waals surface area contributed by atoms with Crippen molar-refractivity contribution < 1.29 is 19.0 Å². The number of rotatable bonds is 7. The van der Waals surface area contributed by atoms with E-state index in [2.05, 4.69) is 29.2 Å². The Hall–Kier alpha value is -4.33. The smallest absolute Gasteiger partial charge is 0.336 e. The molecule has 0 radical (unpaired) electrons. The molecular formula is C27H26N4O4. The number of aryl methyl sites for hydroxylation is 1. The quantitative estimate of drug-likeness (QED) is 0.397. The first-order valence-electron chi connectivity index (χ1n) is 11.5. The number of nitrogens with zero attached hydrogens (tertiary/aromatic N) is 3. The zero-order valence-electron chi connectivity index (χ0n) is 19.8. The summed E-state index contributed by atoms with van der Waals surface area (Å²) in [7, 11) is 0. The predicted molar refractivity (Wildman–Crippen MR) is 132 cm³/mol. The van der Waals surface area contributed by atoms with Crippen molar-refractivity contribution in [2.75, 3.05) is 18.7 Å². The van der Waals surface area contributed by atoms with Gasteiger partial charge in [-0.25, -0.2) is 4.68 Å². The van der Waals surface area contributed by atoms with Gasteiger partial charge in [0.25, 0.3) is 5.91 Å². The van der Waals surface area contributed by atoms with E-state index in [1.807, 2.05) is 55.5 Å². The van der Waals surface area contributed by atoms with Gasteiger partial charge in [-0.1, -0.05) is 38.1 Å². The van der Waals surface area contributed by atoms with Gasteiger partial charge in [0.15, 0.2) is 17.3 Å². The van der Waals surface area contributed by atoms with Gasteiger partial charge in [0.05, 0.1) is 12.3 Å². The van der Waals surface area contributed by atoms with E-state index in [0.29, 0.717) is 47.1 Å². The fourth-order valence-electron chi connectivity index (χ4n) is 3.70. The number of carbonyl (C=O) groups excluding carboxylic acids is 1. The second kappa shape index (κ2) is 9.50. The minimum Gasteiger partial charge on any atom is -0.462 e. The van der Waals surface area contributed by atoms with Gasteiger partial charge in [0.1, 0.15) is 0 Å². The zero-order valence-corrected chi connectivity index (χ0v) is 19.8. The van der Waals surface area contributed by atoms with Crippen LogP contribution in [0.25, 0.3) is 17.1 Å². The van der Waals surface area contributed by atoms with Gasteiger partial charge in [-0.2, -0.15) is 4.98 Å². The Morgan fingerprint density at radius 1 is 1.06 bits per heavy atom. The van der Waals surface area contributed by atoms with Crippen molar-refractivity contribution in [3.05, 3.63) is 77.9 Å². The fourth-order valence-corrected chi connectivity index (χ4v) is 3.70. The van der Waals surface area contributed by atoms with E-state index in [1.54, 1.807) is 22.9 Å². The Labute approximate surface area is 203 Å². The van der Waals surface area contributed by atoms with Gasteiger partial charge in [-0.15, -0.1) is 5.10 Å². The molecule has 4 aromatic rings. The van der Waals surface area contributed by atoms with Crippen molar-refractivity contribution in [2.45, 2.75) is 20.8 Å². The highest BCUT2D eigenvalue weighted by molar-refractivity contribution is 6.04. The van der Waals surface area contributed by atoms with Crippen LogP contribution in [0.1, 0.15) is 29.8 Å². The third-order valence-electron chi connectivity index (χ3n) is 5.52. The molecule has 0 aliphatic carbocycles. The van der Waals surface area contributed by atoms with Crippen molar-refractivity contribution >= 4 is 11.6 Å². The second-order valence-electron chi connectivity index (χ2n) is 8.72. The number of ether oxygens (including phenoxy) is 3. The van der Waals surface area contributed by atoms with Crippen LogP contribution in [0.3, 0.4) is 0 Å². The lowest BCUT2D eigenvalue weighted by Crippen LogP contribution is -2.12. The summed E-state index contributed by atoms with van der Waals surface area (Å²) in [5, 5.41) is 7.53. The lowest BCUT2D eigenvalue weighted by atomic mass is 10.1. The molecule has 0 unspecified atom stereocenters. The lowest BCUT2D eigenvalue weighted by Gasteiger charge is -2.10. The molecule has 0 atom stereocenters. The first-order chi connectivity index (χ1) is 17.0. The number of carbonyl (C=O) groups is 1. The molecule has 0 bridgehead atoms. The van der Waals surface area contributed by atoms with Crippen LogP contribution in [0, 0.1) is 12.8 Å². The third-order valence-corrected chi connectivity index (χ3v) is 5.52. The fraction of sp³-hybridized carbons (Fsp3) is 0.222. The van der Waals surface area contributed by atoms with Gasteiger partial charge >= 0.3 is 6.01 Å². The molecule has 0 saturated heterocycles. The molecule has 1 N–H and O–H groups in total. The summed E-state index contributed by atoms with van der Waals surface area (Å²) in [6, 6.07) is 20.9. The van der Waals surface area contributed by atoms with E-state index < -0.39 is 0 Å². The maximum Gasteiger partial charge on any atom is 0.336 e. The van der Waals surface area contributed by atoms with E-state index in [9.17, 15) is 4.79 Å². The van der Waals surface area contributed by atoms with Crippen molar-refractivity contribution in [2.24, 2.45) is 5.92 Å². The number of fused-ring (bicyclic) bond motifs is 1. The second-order valence-corrected chi connectivity index (χ2v) is 8.72. The van der Waals surface area contributed by atoms with Gasteiger partial charge in [-0.3, -0.25) is 4.79 Å². The Morgan fingerprint density at radius 3 is 2.60 bits per heavy atom. The van der Waals surface area contributed by atoms with Gasteiger partial charge in [-0.05, 0) is 60.9 Å². The standard InChI is InChI=1S/C27H26N4O4/c1-17(2)15-33-27-29-25(22-7-5-4-6-18(22)3)31(30-27)21-11-9-20(10-12-21)28-26(32)19-8-13-23-24(14-19)35-16-34-23/h4-14,17H,15-16H2,1-3H3,(H,28,32). The summed E-state index contributed by atoms with van der Waals surface area (Å²) in [4.78, 5) is 17.4. The van der Waals surface area contributed by atoms with Crippen molar-refractivity contribution in [3.8, 4) is 34.6 Å². The third kappa shape index (κ3) is 4.82. The Morgan fingerprint density at radius 2 is 1.83 bits per heavy atom. The normalized spacial score (nSPS) is 12.1. The first kappa shape index (κ1) is 22.5. The molecule has 178 valence electrons. The number of nitrogens with one attached hydrogen (secondary N) is 1. The molecule has 8 nitrogen and oxygen atoms in total. The summed E-state index contributed by atoms with van der Waals surface area (Å²) >= 11 is 0. The van der Waals surface area contributed by atoms with Crippen molar-refractivity contribution in [3.63, 3.8) is 0 Å². The SMILES string of the molecule is Cc1ccccc1-c1nc(OCC(C)C)nn1-c1ccc(NC(=O)c2ccc3c(c2)OCO3)cc1. The lowest BCUT2D eigenvalue weighted by molar-refractivity contribution is 0.102. The molecule has 5 rings (SSSR count). The topological polar surface area (TPSA) is 87.5 Å². The van der Waals surface area contributed by atoms with Crippen LogP contribution in [-0.4, -0.2) is 34.1 Å². The highest BCUT2D eigenvalue weighted by Gasteiger charge is 2.18. The zero-order chi connectivity index (χ0) is 24.4. The number of amides is 1. The minimum atomic E-state index is -0.234. The minimum absolute atomic E-state index is 0.166. The summed E-state index contributed by atoms with van der Waals surface area (Å²) in [6.07, 6.45) is 0. The van der Waals surface area contributed by atoms with Crippen LogP contribution in [0.5, 0.6) is 17.5 Å². The first-order valence-corrected chi connectivity index (χ1v) is 11.5. The Balaban J connectivity index is 1.40. The van der Waals surface area contributed by atoms with Crippen LogP contribution < -0.4 is 19.5 Å². The number of hydrogen-bond donors (Lipinski definition) is 1. The molecule has 3 aromatic carbocycles. The molecule has 0 spiro atoms. The number of benzene rings is 3. The highest BCUT2D eigenvalue weighted by Crippen LogP contribution is 2.33. The van der Waals surface area contributed by atoms with Crippen LogP contribution in [0.15, 0.2) is 66.7 Å². The van der Waals surface area contributed by atoms with Gasteiger partial charge in [0.2, 0.25) is 6.79 Å². The van der Waals surface area contributed by atoms with Crippen LogP contribution in [-0.2, 0) is 0 Å². The molecule has 1 aromatic heterocycles. The number of hydrogen-bond acceptors (Lipinski definition) is 6. The van der Waals surface area contributed by atoms with Crippen LogP contribution >= 0.6 is 0 Å². The molecular weight excluding hydrogens is 444 g/mol. The predicted octanol–water partition coefficient (Wildman–Crippen LogP) is 5.26. The maximum absolute atomic E-state index is 12.7. The highest BCUT2D eigenvalue weighted by atomic mass is 16.7. The van der Waals surface area contributed by atoms with Crippen LogP contribution in [0.4, 0.5) is 5.69 Å². The summed E-state index contributed by atoms with van der Waals surface area (Å²) < 4.78 is 18.2. The average molecular weight is 471 g/mol. The van der Waals surface area contributed by atoms with Gasteiger partial charge in [0, 0.05) is 16.8 Å². The van der Waals surface area contributed by atoms with E-state index in [0.717, 1.165) is 16.8 Å². The van der Waals surface area contributed by atoms with Crippen molar-refractivity contribution in [1.29, 1.82) is 0 Å². The van der Waals surface area contributed by atoms with E-state index in [4.69, 9.17) is 14.2 Å². The van der Waals surface area contributed by atoms with Crippen LogP contribution in [0.2, 0.25) is 0 Å². The van der Waals surface area contributed by atoms with E-state index >= 15 is 0 Å². The molecule has 0 saturated carbocycles. The maximum atomic E-state index is 12.7. The molecule has 1 amide bonds. The number of anilines is 1. The van der Waals surface area contributed by atoms with Crippen molar-refractivity contribution in [1.82, 2.24) is 14.8 Å². The molecule has 1 aliphatic rings. The molecule has 0 fully saturated rings. The van der Waals surface area contributed by atoms with E-state index in [1.165, 1.54) is 0 Å². The summed E-state index contributed by atoms with van der Waals surface area (Å²) in [5.74, 6) is 2.02. The summed E-state index contributed by atoms with van der Waals surface area (Å²) in [6.45, 7) is 6.89.